The van der Waals surface area contributed by atoms with Crippen LogP contribution in [0.25, 0.3) is 0 Å². The van der Waals surface area contributed by atoms with Gasteiger partial charge in [0.15, 0.2) is 0 Å². The second-order valence-electron chi connectivity index (χ2n) is 6.52. The van der Waals surface area contributed by atoms with E-state index in [1.807, 2.05) is 0 Å². The molecule has 0 aromatic heterocycles. The average molecular weight is 273 g/mol. The smallest absolute Gasteiger partial charge is 0.0294 e. The third-order valence-electron chi connectivity index (χ3n) is 5.01. The maximum atomic E-state index is 3.83. The summed E-state index contributed by atoms with van der Waals surface area (Å²) < 4.78 is 0. The van der Waals surface area contributed by atoms with Crippen LogP contribution in [0.2, 0.25) is 0 Å². The van der Waals surface area contributed by atoms with E-state index in [1.165, 1.54) is 49.7 Å². The number of hydrogen-bond acceptors (Lipinski definition) is 1. The standard InChI is InChI=1S/C19H31N/c1-4-17-11-13-19(14-12-17)16(3)20-15(2)18-9-7-5-6-8-10-18/h11-16,18,20H,4-10H2,1-3H3/t15-,16?/m0/s1. The largest absolute Gasteiger partial charge is 0.307 e. The van der Waals surface area contributed by atoms with Crippen LogP contribution in [0.1, 0.15) is 76.5 Å². The van der Waals surface area contributed by atoms with Crippen molar-refractivity contribution < 1.29 is 0 Å². The van der Waals surface area contributed by atoms with E-state index in [2.05, 4.69) is 50.4 Å². The molecule has 1 nitrogen and oxygen atoms in total. The highest BCUT2D eigenvalue weighted by molar-refractivity contribution is 5.24. The summed E-state index contributed by atoms with van der Waals surface area (Å²) in [4.78, 5) is 0. The molecule has 0 bridgehead atoms. The van der Waals surface area contributed by atoms with Gasteiger partial charge in [-0.1, -0.05) is 56.9 Å². The van der Waals surface area contributed by atoms with Gasteiger partial charge in [0.25, 0.3) is 0 Å². The van der Waals surface area contributed by atoms with Crippen molar-refractivity contribution in [1.82, 2.24) is 5.32 Å². The predicted octanol–water partition coefficient (Wildman–Crippen LogP) is 5.26. The lowest BCUT2D eigenvalue weighted by Crippen LogP contribution is -2.35. The van der Waals surface area contributed by atoms with Gasteiger partial charge in [-0.15, -0.1) is 0 Å². The summed E-state index contributed by atoms with van der Waals surface area (Å²) in [7, 11) is 0. The summed E-state index contributed by atoms with van der Waals surface area (Å²) in [5.41, 5.74) is 2.85. The Morgan fingerprint density at radius 1 is 1.00 bits per heavy atom. The highest BCUT2D eigenvalue weighted by Crippen LogP contribution is 2.27. The monoisotopic (exact) mass is 273 g/mol. The average Bonchev–Trinajstić information content (AvgIpc) is 2.76. The van der Waals surface area contributed by atoms with Crippen molar-refractivity contribution in [2.45, 2.75) is 77.8 Å². The fraction of sp³-hybridized carbons (Fsp3) is 0.684. The van der Waals surface area contributed by atoms with E-state index in [4.69, 9.17) is 0 Å². The number of rotatable bonds is 5. The molecule has 2 rings (SSSR count). The van der Waals surface area contributed by atoms with Crippen molar-refractivity contribution in [3.8, 4) is 0 Å². The molecule has 1 N–H and O–H groups in total. The van der Waals surface area contributed by atoms with Gasteiger partial charge in [0.2, 0.25) is 0 Å². The van der Waals surface area contributed by atoms with Gasteiger partial charge in [-0.25, -0.2) is 0 Å². The molecule has 0 amide bonds. The van der Waals surface area contributed by atoms with Crippen molar-refractivity contribution in [1.29, 1.82) is 0 Å². The Labute approximate surface area is 125 Å². The first-order chi connectivity index (χ1) is 9.70. The fourth-order valence-corrected chi connectivity index (χ4v) is 3.48. The molecule has 112 valence electrons. The summed E-state index contributed by atoms with van der Waals surface area (Å²) in [6.07, 6.45) is 9.69. The minimum absolute atomic E-state index is 0.458. The Bertz CT molecular complexity index is 373. The Morgan fingerprint density at radius 2 is 1.60 bits per heavy atom. The van der Waals surface area contributed by atoms with Crippen molar-refractivity contribution >= 4 is 0 Å². The van der Waals surface area contributed by atoms with E-state index in [-0.39, 0.29) is 0 Å². The second kappa shape index (κ2) is 7.83. The van der Waals surface area contributed by atoms with Gasteiger partial charge < -0.3 is 5.32 Å². The van der Waals surface area contributed by atoms with Crippen LogP contribution in [0.15, 0.2) is 24.3 Å². The number of benzene rings is 1. The Balaban J connectivity index is 1.89. The molecule has 1 fully saturated rings. The van der Waals surface area contributed by atoms with Gasteiger partial charge in [0, 0.05) is 12.1 Å². The van der Waals surface area contributed by atoms with Gasteiger partial charge in [-0.3, -0.25) is 0 Å². The van der Waals surface area contributed by atoms with Crippen LogP contribution in [-0.2, 0) is 6.42 Å². The van der Waals surface area contributed by atoms with Crippen LogP contribution >= 0.6 is 0 Å². The lowest BCUT2D eigenvalue weighted by Gasteiger charge is -2.27. The maximum absolute atomic E-state index is 3.83. The lowest BCUT2D eigenvalue weighted by molar-refractivity contribution is 0.316. The van der Waals surface area contributed by atoms with Gasteiger partial charge in [0.05, 0.1) is 0 Å². The Morgan fingerprint density at radius 3 is 2.15 bits per heavy atom. The molecule has 2 atom stereocenters. The molecule has 1 aromatic rings. The van der Waals surface area contributed by atoms with Crippen LogP contribution in [0.3, 0.4) is 0 Å². The van der Waals surface area contributed by atoms with Crippen molar-refractivity contribution in [2.75, 3.05) is 0 Å². The minimum Gasteiger partial charge on any atom is -0.307 e. The summed E-state index contributed by atoms with van der Waals surface area (Å²) >= 11 is 0. The lowest BCUT2D eigenvalue weighted by atomic mass is 9.92. The molecule has 20 heavy (non-hydrogen) atoms. The summed E-state index contributed by atoms with van der Waals surface area (Å²) in [6.45, 7) is 6.89. The minimum atomic E-state index is 0.458. The highest BCUT2D eigenvalue weighted by Gasteiger charge is 2.20. The van der Waals surface area contributed by atoms with E-state index in [0.29, 0.717) is 12.1 Å². The van der Waals surface area contributed by atoms with Crippen LogP contribution < -0.4 is 5.32 Å². The zero-order valence-electron chi connectivity index (χ0n) is 13.5. The SMILES string of the molecule is CCc1ccc(C(C)N[C@@H](C)C2CCCCCC2)cc1. The van der Waals surface area contributed by atoms with E-state index in [1.54, 1.807) is 0 Å². The van der Waals surface area contributed by atoms with Crippen molar-refractivity contribution in [3.63, 3.8) is 0 Å². The van der Waals surface area contributed by atoms with E-state index in [9.17, 15) is 0 Å². The predicted molar refractivity (Wildman–Crippen MR) is 88.0 cm³/mol. The fourth-order valence-electron chi connectivity index (χ4n) is 3.48. The topological polar surface area (TPSA) is 12.0 Å². The normalized spacial score (nSPS) is 20.4. The molecule has 1 heteroatoms. The van der Waals surface area contributed by atoms with E-state index >= 15 is 0 Å². The molecule has 0 radical (unpaired) electrons. The second-order valence-corrected chi connectivity index (χ2v) is 6.52. The number of nitrogens with one attached hydrogen (secondary N) is 1. The van der Waals surface area contributed by atoms with Crippen molar-refractivity contribution in [3.05, 3.63) is 35.4 Å². The summed E-state index contributed by atoms with van der Waals surface area (Å²) in [5.74, 6) is 0.870. The van der Waals surface area contributed by atoms with Gasteiger partial charge in [0.1, 0.15) is 0 Å². The first-order valence-corrected chi connectivity index (χ1v) is 8.55. The molecule has 0 spiro atoms. The van der Waals surface area contributed by atoms with Crippen LogP contribution in [0.5, 0.6) is 0 Å². The molecular weight excluding hydrogens is 242 g/mol. The van der Waals surface area contributed by atoms with E-state index < -0.39 is 0 Å². The molecule has 0 saturated heterocycles. The van der Waals surface area contributed by atoms with Gasteiger partial charge in [-0.05, 0) is 50.2 Å². The molecular formula is C19H31N. The van der Waals surface area contributed by atoms with Gasteiger partial charge >= 0.3 is 0 Å². The third kappa shape index (κ3) is 4.34. The molecule has 1 saturated carbocycles. The molecule has 1 aromatic carbocycles. The van der Waals surface area contributed by atoms with Crippen molar-refractivity contribution in [2.24, 2.45) is 5.92 Å². The van der Waals surface area contributed by atoms with E-state index in [0.717, 1.165) is 12.3 Å². The van der Waals surface area contributed by atoms with Crippen LogP contribution in [0.4, 0.5) is 0 Å². The number of aryl methyl sites for hydroxylation is 1. The molecule has 0 heterocycles. The highest BCUT2D eigenvalue weighted by atomic mass is 14.9. The third-order valence-corrected chi connectivity index (χ3v) is 5.01. The van der Waals surface area contributed by atoms with Gasteiger partial charge in [-0.2, -0.15) is 0 Å². The summed E-state index contributed by atoms with van der Waals surface area (Å²) in [6, 6.07) is 10.2. The zero-order chi connectivity index (χ0) is 14.4. The number of hydrogen-bond donors (Lipinski definition) is 1. The maximum Gasteiger partial charge on any atom is 0.0294 e. The molecule has 0 aliphatic heterocycles. The Hall–Kier alpha value is -0.820. The van der Waals surface area contributed by atoms with Crippen LogP contribution in [-0.4, -0.2) is 6.04 Å². The summed E-state index contributed by atoms with van der Waals surface area (Å²) in [5, 5.41) is 3.83. The van der Waals surface area contributed by atoms with Crippen LogP contribution in [0, 0.1) is 5.92 Å². The first-order valence-electron chi connectivity index (χ1n) is 8.55. The first kappa shape index (κ1) is 15.6. The molecule has 1 unspecified atom stereocenters. The molecule has 1 aliphatic rings. The zero-order valence-corrected chi connectivity index (χ0v) is 13.5. The quantitative estimate of drug-likeness (QED) is 0.722. The Kier molecular flexibility index (Phi) is 6.09. The molecule has 1 aliphatic carbocycles.